The van der Waals surface area contributed by atoms with Crippen molar-refractivity contribution in [1.29, 1.82) is 0 Å². The highest BCUT2D eigenvalue weighted by molar-refractivity contribution is 6.03. The second kappa shape index (κ2) is 22.7. The summed E-state index contributed by atoms with van der Waals surface area (Å²) in [4.78, 5) is 22.0. The van der Waals surface area contributed by atoms with Gasteiger partial charge in [0.05, 0.1) is 51.3 Å². The van der Waals surface area contributed by atoms with Crippen molar-refractivity contribution < 1.29 is 57.8 Å². The molecule has 0 aromatic heterocycles. The average Bonchev–Trinajstić information content (AvgIpc) is 3.26. The molecule has 60 heavy (non-hydrogen) atoms. The predicted molar refractivity (Wildman–Crippen MR) is 222 cm³/mol. The van der Waals surface area contributed by atoms with E-state index in [1.807, 2.05) is 12.1 Å². The minimum Gasteiger partial charge on any atom is -0.489 e. The van der Waals surface area contributed by atoms with Gasteiger partial charge in [-0.3, -0.25) is 4.90 Å². The van der Waals surface area contributed by atoms with Gasteiger partial charge in [0.1, 0.15) is 30.0 Å². The number of nitrogens with zero attached hydrogens (tertiary/aromatic N) is 2. The molecule has 2 fully saturated rings. The van der Waals surface area contributed by atoms with Crippen LogP contribution in [0.15, 0.2) is 71.9 Å². The van der Waals surface area contributed by atoms with E-state index < -0.39 is 30.1 Å². The number of amides is 1. The molecule has 14 heteroatoms. The number of hydrogen-bond donors (Lipinski definition) is 3. The largest absolute Gasteiger partial charge is 0.489 e. The Kier molecular flexibility index (Phi) is 17.2. The lowest BCUT2D eigenvalue weighted by Crippen LogP contribution is -2.70. The van der Waals surface area contributed by atoms with E-state index in [4.69, 9.17) is 38.4 Å². The van der Waals surface area contributed by atoms with Gasteiger partial charge in [-0.05, 0) is 87.1 Å². The van der Waals surface area contributed by atoms with E-state index in [1.165, 1.54) is 6.07 Å². The number of allylic oxidation sites excluding steroid dienone is 1. The molecule has 6 rings (SSSR count). The number of oxime groups is 1. The van der Waals surface area contributed by atoms with Crippen molar-refractivity contribution in [2.75, 3.05) is 59.4 Å². The third-order valence-corrected chi connectivity index (χ3v) is 12.0. The minimum atomic E-state index is -1.50. The van der Waals surface area contributed by atoms with Gasteiger partial charge < -0.3 is 48.6 Å². The van der Waals surface area contributed by atoms with Crippen LogP contribution in [0.25, 0.3) is 0 Å². The molecule has 0 bridgehead atoms. The van der Waals surface area contributed by atoms with Crippen LogP contribution in [0.3, 0.4) is 0 Å². The Bertz CT molecular complexity index is 1750. The molecular formula is C46H63FN2O11. The van der Waals surface area contributed by atoms with Crippen LogP contribution in [0.1, 0.15) is 88.2 Å². The third-order valence-electron chi connectivity index (χ3n) is 12.0. The smallest absolute Gasteiger partial charge is 0.410 e. The summed E-state index contributed by atoms with van der Waals surface area (Å²) >= 11 is 0. The predicted octanol–water partition coefficient (Wildman–Crippen LogP) is 7.03. The van der Waals surface area contributed by atoms with Crippen molar-refractivity contribution in [2.45, 2.75) is 102 Å². The van der Waals surface area contributed by atoms with E-state index >= 15 is 0 Å². The maximum Gasteiger partial charge on any atom is 0.410 e. The molecule has 13 nitrogen and oxygen atoms in total. The zero-order valence-corrected chi connectivity index (χ0v) is 34.9. The fraction of sp³-hybridized carbons (Fsp3) is 0.609. The van der Waals surface area contributed by atoms with Crippen molar-refractivity contribution in [2.24, 2.45) is 22.9 Å². The number of ether oxygens (including phenoxy) is 6. The number of aliphatic hydroxyl groups excluding tert-OH is 3. The third kappa shape index (κ3) is 10.7. The van der Waals surface area contributed by atoms with E-state index in [2.05, 4.69) is 12.7 Å². The Hall–Kier alpha value is -4.05. The highest BCUT2D eigenvalue weighted by Crippen LogP contribution is 2.62. The van der Waals surface area contributed by atoms with Crippen LogP contribution >= 0.6 is 0 Å². The van der Waals surface area contributed by atoms with E-state index in [-0.39, 0.29) is 89.4 Å². The maximum atomic E-state index is 14.7. The molecule has 2 heterocycles. The van der Waals surface area contributed by atoms with Crippen LogP contribution in [0.4, 0.5) is 9.18 Å². The average molecular weight is 839 g/mol. The van der Waals surface area contributed by atoms with Gasteiger partial charge in [0.25, 0.3) is 0 Å². The molecule has 2 aliphatic heterocycles. The standard InChI is InChI=1S/C46H63FN2O11/c1-3-24-58-46-41(49(45(53)55-4-2)20-26-54-27-23-52)30-39(48-60-42-17-9-12-25-56-42)36-28-32(13-7-10-21-50)35(15-8-11-22-51)43(44(36)46)37-29-34(18-19-40(37)59-46)57-31-33-14-5-6-16-38(33)47/h3,5-6,14,16,18-19,28-29,32,35,41-44,50-52H,1,4,7-13,15,17,20-27,30-31H2,2H3/t32-,35+,41-,42?,43+,44+,46+/m0/s1. The first-order valence-electron chi connectivity index (χ1n) is 21.7. The monoisotopic (exact) mass is 838 g/mol. The van der Waals surface area contributed by atoms with Gasteiger partial charge >= 0.3 is 6.09 Å². The SMILES string of the molecule is C=CCO[C@@]12Oc3ccc(OCc4ccccc4F)cc3[C@H]3[C@H](CCCCO)[C@@H](CCCCO)C=C(C(=NOC4CCCCO4)C[C@@H]1N(CCOCCO)C(=O)OCC)[C@H]32. The highest BCUT2D eigenvalue weighted by Gasteiger charge is 2.65. The summed E-state index contributed by atoms with van der Waals surface area (Å²) in [6.45, 7) is 6.83. The zero-order valence-electron chi connectivity index (χ0n) is 34.9. The highest BCUT2D eigenvalue weighted by atomic mass is 19.1. The molecule has 1 unspecified atom stereocenters. The zero-order chi connectivity index (χ0) is 42.3. The Labute approximate surface area is 353 Å². The van der Waals surface area contributed by atoms with E-state index in [0.717, 1.165) is 49.7 Å². The molecule has 4 aliphatic rings. The lowest BCUT2D eigenvalue weighted by atomic mass is 9.55. The quantitative estimate of drug-likeness (QED) is 0.0600. The van der Waals surface area contributed by atoms with Gasteiger partial charge in [0.15, 0.2) is 0 Å². The maximum absolute atomic E-state index is 14.7. The summed E-state index contributed by atoms with van der Waals surface area (Å²) in [6.07, 6.45) is 9.96. The molecule has 330 valence electrons. The number of hydrogen-bond acceptors (Lipinski definition) is 12. The molecule has 1 saturated carbocycles. The van der Waals surface area contributed by atoms with Crippen molar-refractivity contribution in [3.8, 4) is 11.5 Å². The van der Waals surface area contributed by atoms with E-state index in [1.54, 1.807) is 42.2 Å². The molecule has 2 aromatic rings. The summed E-state index contributed by atoms with van der Waals surface area (Å²) in [6, 6.07) is 11.3. The summed E-state index contributed by atoms with van der Waals surface area (Å²) in [5.41, 5.74) is 2.82. The fourth-order valence-corrected chi connectivity index (χ4v) is 9.34. The molecule has 1 amide bonds. The summed E-state index contributed by atoms with van der Waals surface area (Å²) in [7, 11) is 0. The fourth-order valence-electron chi connectivity index (χ4n) is 9.34. The molecule has 2 aliphatic carbocycles. The van der Waals surface area contributed by atoms with Crippen LogP contribution in [-0.4, -0.2) is 110 Å². The van der Waals surface area contributed by atoms with Gasteiger partial charge in [-0.1, -0.05) is 48.3 Å². The summed E-state index contributed by atoms with van der Waals surface area (Å²) < 4.78 is 52.6. The van der Waals surface area contributed by atoms with Crippen LogP contribution in [0, 0.1) is 23.6 Å². The van der Waals surface area contributed by atoms with Gasteiger partial charge in [-0.2, -0.15) is 0 Å². The Balaban J connectivity index is 1.55. The van der Waals surface area contributed by atoms with Gasteiger partial charge in [-0.25, -0.2) is 9.18 Å². The Morgan fingerprint density at radius 3 is 2.60 bits per heavy atom. The van der Waals surface area contributed by atoms with Crippen LogP contribution in [0.2, 0.25) is 0 Å². The molecule has 3 N–H and O–H groups in total. The topological polar surface area (TPSA) is 158 Å². The number of rotatable bonds is 23. The number of fused-ring (bicyclic) bond motifs is 2. The molecule has 7 atom stereocenters. The van der Waals surface area contributed by atoms with Crippen LogP contribution in [0.5, 0.6) is 11.5 Å². The number of benzene rings is 2. The molecule has 0 radical (unpaired) electrons. The molecular weight excluding hydrogens is 776 g/mol. The minimum absolute atomic E-state index is 0.00769. The van der Waals surface area contributed by atoms with E-state index in [9.17, 15) is 24.5 Å². The van der Waals surface area contributed by atoms with Gasteiger partial charge in [0.2, 0.25) is 12.1 Å². The first kappa shape index (κ1) is 45.5. The Morgan fingerprint density at radius 2 is 1.87 bits per heavy atom. The summed E-state index contributed by atoms with van der Waals surface area (Å²) in [5, 5.41) is 34.2. The second-order valence-electron chi connectivity index (χ2n) is 15.8. The first-order valence-corrected chi connectivity index (χ1v) is 21.7. The first-order chi connectivity index (χ1) is 29.4. The van der Waals surface area contributed by atoms with Crippen molar-refractivity contribution >= 4 is 11.8 Å². The van der Waals surface area contributed by atoms with Gasteiger partial charge in [-0.15, -0.1) is 6.58 Å². The number of carbonyl (C=O) groups excluding carboxylic acids is 1. The van der Waals surface area contributed by atoms with E-state index in [0.29, 0.717) is 48.6 Å². The van der Waals surface area contributed by atoms with Crippen LogP contribution in [-0.2, 0) is 30.4 Å². The summed E-state index contributed by atoms with van der Waals surface area (Å²) in [5.74, 6) is -1.58. The number of halogens is 1. The second-order valence-corrected chi connectivity index (χ2v) is 15.8. The molecule has 2 aromatic carbocycles. The van der Waals surface area contributed by atoms with Crippen molar-refractivity contribution in [3.05, 3.63) is 83.7 Å². The molecule has 0 spiro atoms. The molecule has 1 saturated heterocycles. The van der Waals surface area contributed by atoms with Crippen LogP contribution < -0.4 is 9.47 Å². The number of aliphatic hydroxyl groups is 3. The Morgan fingerprint density at radius 1 is 1.05 bits per heavy atom. The lowest BCUT2D eigenvalue weighted by Gasteiger charge is -2.59. The van der Waals surface area contributed by atoms with Gasteiger partial charge in [0, 0.05) is 49.6 Å². The van der Waals surface area contributed by atoms with Crippen molar-refractivity contribution in [1.82, 2.24) is 4.90 Å². The number of unbranched alkanes of at least 4 members (excludes halogenated alkanes) is 2. The normalized spacial score (nSPS) is 26.3. The number of carbonyl (C=O) groups is 1. The lowest BCUT2D eigenvalue weighted by molar-refractivity contribution is -0.256. The van der Waals surface area contributed by atoms with Crippen molar-refractivity contribution in [3.63, 3.8) is 0 Å².